The second kappa shape index (κ2) is 7.16. The van der Waals surface area contributed by atoms with Gasteiger partial charge in [0.1, 0.15) is 10.5 Å². The SMILES string of the molecule is CC(=O)Oc1nc(OCc2cc(-c3ccccc3)no2)c2c(C)csc2n1. The third-order valence-corrected chi connectivity index (χ3v) is 4.77. The van der Waals surface area contributed by atoms with E-state index < -0.39 is 5.97 Å². The molecule has 1 aromatic carbocycles. The number of hydrogen-bond donors (Lipinski definition) is 0. The van der Waals surface area contributed by atoms with Gasteiger partial charge in [-0.05, 0) is 17.9 Å². The fraction of sp³-hybridized carbons (Fsp3) is 0.158. The molecule has 4 rings (SSSR count). The first-order valence-electron chi connectivity index (χ1n) is 8.18. The van der Waals surface area contributed by atoms with Crippen molar-refractivity contribution in [1.29, 1.82) is 0 Å². The number of nitrogens with zero attached hydrogens (tertiary/aromatic N) is 3. The Balaban J connectivity index is 1.59. The van der Waals surface area contributed by atoms with Gasteiger partial charge in [0.2, 0.25) is 5.88 Å². The largest absolute Gasteiger partial charge is 0.469 e. The summed E-state index contributed by atoms with van der Waals surface area (Å²) in [6.07, 6.45) is 0. The number of hydrogen-bond acceptors (Lipinski definition) is 8. The van der Waals surface area contributed by atoms with Gasteiger partial charge in [-0.2, -0.15) is 9.97 Å². The van der Waals surface area contributed by atoms with Gasteiger partial charge in [-0.15, -0.1) is 11.3 Å². The summed E-state index contributed by atoms with van der Waals surface area (Å²) in [7, 11) is 0. The minimum absolute atomic E-state index is 0.0330. The van der Waals surface area contributed by atoms with E-state index in [0.29, 0.717) is 16.5 Å². The molecule has 27 heavy (non-hydrogen) atoms. The minimum atomic E-state index is -0.490. The van der Waals surface area contributed by atoms with Crippen molar-refractivity contribution in [3.63, 3.8) is 0 Å². The van der Waals surface area contributed by atoms with Crippen LogP contribution in [0.3, 0.4) is 0 Å². The van der Waals surface area contributed by atoms with Crippen LogP contribution in [-0.4, -0.2) is 21.1 Å². The lowest BCUT2D eigenvalue weighted by Crippen LogP contribution is -2.06. The zero-order chi connectivity index (χ0) is 18.8. The maximum Gasteiger partial charge on any atom is 0.328 e. The average Bonchev–Trinajstić information content (AvgIpc) is 3.27. The Morgan fingerprint density at radius 2 is 2.04 bits per heavy atom. The zero-order valence-electron chi connectivity index (χ0n) is 14.6. The highest BCUT2D eigenvalue weighted by molar-refractivity contribution is 7.17. The molecule has 3 aromatic heterocycles. The normalized spacial score (nSPS) is 10.9. The van der Waals surface area contributed by atoms with E-state index >= 15 is 0 Å². The van der Waals surface area contributed by atoms with Crippen LogP contribution >= 0.6 is 11.3 Å². The van der Waals surface area contributed by atoms with Crippen molar-refractivity contribution in [2.24, 2.45) is 0 Å². The summed E-state index contributed by atoms with van der Waals surface area (Å²) in [5.74, 6) is 0.409. The maximum absolute atomic E-state index is 11.2. The molecule has 0 fully saturated rings. The number of aromatic nitrogens is 3. The van der Waals surface area contributed by atoms with E-state index in [2.05, 4.69) is 15.1 Å². The van der Waals surface area contributed by atoms with Gasteiger partial charge >= 0.3 is 12.0 Å². The number of fused-ring (bicyclic) bond motifs is 1. The van der Waals surface area contributed by atoms with Gasteiger partial charge in [-0.1, -0.05) is 35.5 Å². The smallest absolute Gasteiger partial charge is 0.328 e. The van der Waals surface area contributed by atoms with Crippen LogP contribution in [0.2, 0.25) is 0 Å². The second-order valence-electron chi connectivity index (χ2n) is 5.84. The molecule has 0 atom stereocenters. The van der Waals surface area contributed by atoms with Crippen LogP contribution in [0.15, 0.2) is 46.3 Å². The van der Waals surface area contributed by atoms with E-state index in [1.54, 1.807) is 0 Å². The third kappa shape index (κ3) is 3.65. The van der Waals surface area contributed by atoms with E-state index in [-0.39, 0.29) is 12.6 Å². The Morgan fingerprint density at radius 3 is 2.81 bits per heavy atom. The van der Waals surface area contributed by atoms with Gasteiger partial charge < -0.3 is 14.0 Å². The van der Waals surface area contributed by atoms with E-state index in [1.807, 2.05) is 48.7 Å². The Morgan fingerprint density at radius 1 is 1.22 bits per heavy atom. The van der Waals surface area contributed by atoms with Crippen molar-refractivity contribution in [3.05, 3.63) is 53.1 Å². The predicted molar refractivity (Wildman–Crippen MR) is 99.7 cm³/mol. The third-order valence-electron chi connectivity index (χ3n) is 3.78. The highest BCUT2D eigenvalue weighted by Crippen LogP contribution is 2.33. The Bertz CT molecular complexity index is 1100. The molecular weight excluding hydrogens is 366 g/mol. The lowest BCUT2D eigenvalue weighted by atomic mass is 10.1. The summed E-state index contributed by atoms with van der Waals surface area (Å²) in [5, 5.41) is 6.81. The van der Waals surface area contributed by atoms with Crippen molar-refractivity contribution in [1.82, 2.24) is 15.1 Å². The number of carbonyl (C=O) groups is 1. The van der Waals surface area contributed by atoms with Crippen molar-refractivity contribution < 1.29 is 18.8 Å². The van der Waals surface area contributed by atoms with Gasteiger partial charge in [0.15, 0.2) is 12.4 Å². The molecule has 0 unspecified atom stereocenters. The van der Waals surface area contributed by atoms with Crippen molar-refractivity contribution in [3.8, 4) is 23.1 Å². The molecule has 4 aromatic rings. The molecule has 0 saturated heterocycles. The summed E-state index contributed by atoms with van der Waals surface area (Å²) in [6, 6.07) is 11.5. The van der Waals surface area contributed by atoms with Gasteiger partial charge in [-0.25, -0.2) is 0 Å². The molecule has 0 bridgehead atoms. The van der Waals surface area contributed by atoms with Crippen LogP contribution < -0.4 is 9.47 Å². The van der Waals surface area contributed by atoms with E-state index in [0.717, 1.165) is 22.2 Å². The molecular formula is C19H15N3O4S. The average molecular weight is 381 g/mol. The first-order valence-corrected chi connectivity index (χ1v) is 9.06. The fourth-order valence-electron chi connectivity index (χ4n) is 2.57. The van der Waals surface area contributed by atoms with Crippen LogP contribution in [0.25, 0.3) is 21.5 Å². The van der Waals surface area contributed by atoms with Gasteiger partial charge in [-0.3, -0.25) is 4.79 Å². The number of aryl methyl sites for hydroxylation is 1. The van der Waals surface area contributed by atoms with Gasteiger partial charge in [0.25, 0.3) is 0 Å². The molecule has 0 radical (unpaired) electrons. The molecule has 0 aliphatic heterocycles. The standard InChI is InChI=1S/C19H15N3O4S/c1-11-10-27-18-16(11)17(20-19(21-18)25-12(2)23)24-9-14-8-15(22-26-14)13-6-4-3-5-7-13/h3-8,10H,9H2,1-2H3. The maximum atomic E-state index is 11.2. The van der Waals surface area contributed by atoms with Crippen molar-refractivity contribution >= 4 is 27.5 Å². The zero-order valence-corrected chi connectivity index (χ0v) is 15.4. The Hall–Kier alpha value is -3.26. The molecule has 0 spiro atoms. The summed E-state index contributed by atoms with van der Waals surface area (Å²) in [4.78, 5) is 20.4. The van der Waals surface area contributed by atoms with Crippen molar-refractivity contribution in [2.75, 3.05) is 0 Å². The van der Waals surface area contributed by atoms with Crippen LogP contribution in [0.1, 0.15) is 18.2 Å². The first-order chi connectivity index (χ1) is 13.1. The molecule has 7 nitrogen and oxygen atoms in total. The molecule has 8 heteroatoms. The van der Waals surface area contributed by atoms with E-state index in [9.17, 15) is 4.79 Å². The van der Waals surface area contributed by atoms with E-state index in [1.165, 1.54) is 18.3 Å². The summed E-state index contributed by atoms with van der Waals surface area (Å²) < 4.78 is 16.2. The summed E-state index contributed by atoms with van der Waals surface area (Å²) >= 11 is 1.43. The van der Waals surface area contributed by atoms with Crippen LogP contribution in [0.5, 0.6) is 11.9 Å². The molecule has 0 N–H and O–H groups in total. The number of benzene rings is 1. The Labute approximate surface area is 158 Å². The van der Waals surface area contributed by atoms with Crippen molar-refractivity contribution in [2.45, 2.75) is 20.5 Å². The lowest BCUT2D eigenvalue weighted by molar-refractivity contribution is -0.132. The predicted octanol–water partition coefficient (Wildman–Crippen LogP) is 4.16. The first kappa shape index (κ1) is 17.2. The number of thiophene rings is 1. The molecule has 3 heterocycles. The second-order valence-corrected chi connectivity index (χ2v) is 6.70. The highest BCUT2D eigenvalue weighted by atomic mass is 32.1. The highest BCUT2D eigenvalue weighted by Gasteiger charge is 2.16. The van der Waals surface area contributed by atoms with Crippen LogP contribution in [0.4, 0.5) is 0 Å². The van der Waals surface area contributed by atoms with Gasteiger partial charge in [0.05, 0.1) is 5.39 Å². The number of carbonyl (C=O) groups excluding carboxylic acids is 1. The molecule has 0 aliphatic rings. The topological polar surface area (TPSA) is 87.3 Å². The summed E-state index contributed by atoms with van der Waals surface area (Å²) in [5.41, 5.74) is 2.68. The minimum Gasteiger partial charge on any atom is -0.469 e. The fourth-order valence-corrected chi connectivity index (χ4v) is 3.48. The quantitative estimate of drug-likeness (QED) is 0.480. The van der Waals surface area contributed by atoms with Crippen LogP contribution in [-0.2, 0) is 11.4 Å². The lowest BCUT2D eigenvalue weighted by Gasteiger charge is -2.07. The molecule has 136 valence electrons. The number of ether oxygens (including phenoxy) is 2. The monoisotopic (exact) mass is 381 g/mol. The molecule has 0 aliphatic carbocycles. The van der Waals surface area contributed by atoms with Crippen LogP contribution in [0, 0.1) is 6.92 Å². The summed E-state index contributed by atoms with van der Waals surface area (Å²) in [6.45, 7) is 3.39. The number of rotatable bonds is 5. The molecule has 0 saturated carbocycles. The Kier molecular flexibility index (Phi) is 4.55. The molecule has 0 amide bonds. The number of esters is 1. The van der Waals surface area contributed by atoms with E-state index in [4.69, 9.17) is 14.0 Å². The van der Waals surface area contributed by atoms with Gasteiger partial charge in [0, 0.05) is 18.6 Å².